The molecule has 0 unspecified atom stereocenters. The molecule has 0 saturated heterocycles. The zero-order chi connectivity index (χ0) is 14.1. The fraction of sp³-hybridized carbons (Fsp3) is 0.647. The van der Waals surface area contributed by atoms with E-state index in [9.17, 15) is 0 Å². The summed E-state index contributed by atoms with van der Waals surface area (Å²) in [7, 11) is 0. The molecule has 2 heteroatoms. The first-order valence-electron chi connectivity index (χ1n) is 7.62. The zero-order valence-corrected chi connectivity index (χ0v) is 13.8. The summed E-state index contributed by atoms with van der Waals surface area (Å²) in [6.45, 7) is 12.7. The van der Waals surface area contributed by atoms with Crippen LogP contribution in [0.3, 0.4) is 0 Å². The van der Waals surface area contributed by atoms with Gasteiger partial charge in [0.1, 0.15) is 0 Å². The van der Waals surface area contributed by atoms with Crippen LogP contribution in [0.4, 0.5) is 0 Å². The van der Waals surface area contributed by atoms with Gasteiger partial charge < -0.3 is 4.90 Å². The molecule has 0 amide bonds. The lowest BCUT2D eigenvalue weighted by atomic mass is 10.0. The lowest BCUT2D eigenvalue weighted by Crippen LogP contribution is -2.27. The standard InChI is InChI=1S/C17H29NS/c1-5-11-18(12-6-2)13-14-19-17-9-7-16(8-10-17)15(3)4/h7-10,15H,5-6,11-14H2,1-4H3. The fourth-order valence-electron chi connectivity index (χ4n) is 2.21. The quantitative estimate of drug-likeness (QED) is 0.584. The Morgan fingerprint density at radius 3 is 2.00 bits per heavy atom. The van der Waals surface area contributed by atoms with Crippen LogP contribution >= 0.6 is 11.8 Å². The van der Waals surface area contributed by atoms with Crippen molar-refractivity contribution in [3.8, 4) is 0 Å². The van der Waals surface area contributed by atoms with Crippen LogP contribution in [0.5, 0.6) is 0 Å². The van der Waals surface area contributed by atoms with Crippen LogP contribution in [0, 0.1) is 0 Å². The summed E-state index contributed by atoms with van der Waals surface area (Å²) in [5, 5.41) is 0. The van der Waals surface area contributed by atoms with Crippen molar-refractivity contribution in [2.24, 2.45) is 0 Å². The Morgan fingerprint density at radius 2 is 1.53 bits per heavy atom. The Hall–Kier alpha value is -0.470. The van der Waals surface area contributed by atoms with E-state index in [2.05, 4.69) is 56.9 Å². The average molecular weight is 279 g/mol. The van der Waals surface area contributed by atoms with Gasteiger partial charge in [-0.2, -0.15) is 0 Å². The molecule has 0 N–H and O–H groups in total. The van der Waals surface area contributed by atoms with Gasteiger partial charge in [0.25, 0.3) is 0 Å². The molecule has 0 aromatic heterocycles. The van der Waals surface area contributed by atoms with Crippen molar-refractivity contribution in [3.05, 3.63) is 29.8 Å². The predicted octanol–water partition coefficient (Wildman–Crippen LogP) is 5.02. The summed E-state index contributed by atoms with van der Waals surface area (Å²) in [6.07, 6.45) is 2.52. The summed E-state index contributed by atoms with van der Waals surface area (Å²) >= 11 is 1.98. The second-order valence-corrected chi connectivity index (χ2v) is 6.58. The molecule has 0 aliphatic carbocycles. The normalized spacial score (nSPS) is 11.5. The molecule has 0 bridgehead atoms. The van der Waals surface area contributed by atoms with Gasteiger partial charge in [0.2, 0.25) is 0 Å². The molecule has 1 rings (SSSR count). The molecule has 0 aliphatic heterocycles. The Labute approximate surface area is 123 Å². The van der Waals surface area contributed by atoms with E-state index in [1.54, 1.807) is 0 Å². The molecule has 0 fully saturated rings. The minimum absolute atomic E-state index is 0.628. The van der Waals surface area contributed by atoms with E-state index in [4.69, 9.17) is 0 Å². The fourth-order valence-corrected chi connectivity index (χ4v) is 3.12. The third-order valence-electron chi connectivity index (χ3n) is 3.30. The Kier molecular flexibility index (Phi) is 8.24. The number of rotatable bonds is 9. The van der Waals surface area contributed by atoms with Crippen LogP contribution in [-0.4, -0.2) is 30.3 Å². The molecule has 0 aliphatic rings. The smallest absolute Gasteiger partial charge is 0.0108 e. The van der Waals surface area contributed by atoms with Crippen LogP contribution in [0.15, 0.2) is 29.2 Å². The lowest BCUT2D eigenvalue weighted by Gasteiger charge is -2.20. The summed E-state index contributed by atoms with van der Waals surface area (Å²) in [5.41, 5.74) is 1.43. The van der Waals surface area contributed by atoms with Crippen LogP contribution in [0.1, 0.15) is 52.0 Å². The highest BCUT2D eigenvalue weighted by Gasteiger charge is 2.03. The van der Waals surface area contributed by atoms with Gasteiger partial charge in [-0.1, -0.05) is 39.8 Å². The van der Waals surface area contributed by atoms with Crippen LogP contribution in [-0.2, 0) is 0 Å². The number of hydrogen-bond donors (Lipinski definition) is 0. The molecular formula is C17H29NS. The van der Waals surface area contributed by atoms with E-state index < -0.39 is 0 Å². The Bertz CT molecular complexity index is 326. The maximum Gasteiger partial charge on any atom is 0.0108 e. The molecule has 0 saturated carbocycles. The molecule has 0 atom stereocenters. The largest absolute Gasteiger partial charge is 0.303 e. The van der Waals surface area contributed by atoms with E-state index in [0.29, 0.717) is 5.92 Å². The van der Waals surface area contributed by atoms with Crippen molar-refractivity contribution in [2.45, 2.75) is 51.3 Å². The van der Waals surface area contributed by atoms with Gasteiger partial charge in [0, 0.05) is 17.2 Å². The minimum atomic E-state index is 0.628. The van der Waals surface area contributed by atoms with Crippen LogP contribution in [0.25, 0.3) is 0 Å². The van der Waals surface area contributed by atoms with Gasteiger partial charge in [-0.15, -0.1) is 11.8 Å². The van der Waals surface area contributed by atoms with Crippen LogP contribution in [0.2, 0.25) is 0 Å². The van der Waals surface area contributed by atoms with Crippen molar-refractivity contribution < 1.29 is 0 Å². The second kappa shape index (κ2) is 9.44. The molecule has 1 nitrogen and oxygen atoms in total. The third-order valence-corrected chi connectivity index (χ3v) is 4.29. The summed E-state index contributed by atoms with van der Waals surface area (Å²) < 4.78 is 0. The van der Waals surface area contributed by atoms with E-state index in [1.165, 1.54) is 48.7 Å². The van der Waals surface area contributed by atoms with Gasteiger partial charge in [-0.3, -0.25) is 0 Å². The molecule has 0 heterocycles. The summed E-state index contributed by atoms with van der Waals surface area (Å²) in [6, 6.07) is 9.07. The first-order valence-corrected chi connectivity index (χ1v) is 8.61. The van der Waals surface area contributed by atoms with Gasteiger partial charge >= 0.3 is 0 Å². The SMILES string of the molecule is CCCN(CCC)CCSc1ccc(C(C)C)cc1. The van der Waals surface area contributed by atoms with Gasteiger partial charge in [-0.05, 0) is 49.5 Å². The Balaban J connectivity index is 2.35. The van der Waals surface area contributed by atoms with E-state index in [1.807, 2.05) is 11.8 Å². The highest BCUT2D eigenvalue weighted by atomic mass is 32.2. The molecule has 1 aromatic rings. The first kappa shape index (κ1) is 16.6. The minimum Gasteiger partial charge on any atom is -0.303 e. The summed E-state index contributed by atoms with van der Waals surface area (Å²) in [4.78, 5) is 3.98. The van der Waals surface area contributed by atoms with Crippen LogP contribution < -0.4 is 0 Å². The Morgan fingerprint density at radius 1 is 0.947 bits per heavy atom. The lowest BCUT2D eigenvalue weighted by molar-refractivity contribution is 0.292. The third kappa shape index (κ3) is 6.49. The monoisotopic (exact) mass is 279 g/mol. The maximum atomic E-state index is 2.58. The maximum absolute atomic E-state index is 2.58. The summed E-state index contributed by atoms with van der Waals surface area (Å²) in [5.74, 6) is 1.82. The first-order chi connectivity index (χ1) is 9.17. The van der Waals surface area contributed by atoms with E-state index in [0.717, 1.165) is 0 Å². The van der Waals surface area contributed by atoms with Gasteiger partial charge in [0.05, 0.1) is 0 Å². The average Bonchev–Trinajstić information content (AvgIpc) is 2.40. The highest BCUT2D eigenvalue weighted by Crippen LogP contribution is 2.21. The molecular weight excluding hydrogens is 250 g/mol. The van der Waals surface area contributed by atoms with Gasteiger partial charge in [0.15, 0.2) is 0 Å². The van der Waals surface area contributed by atoms with Gasteiger partial charge in [-0.25, -0.2) is 0 Å². The van der Waals surface area contributed by atoms with Crippen molar-refractivity contribution >= 4 is 11.8 Å². The zero-order valence-electron chi connectivity index (χ0n) is 13.0. The molecule has 0 radical (unpaired) electrons. The van der Waals surface area contributed by atoms with Crippen molar-refractivity contribution in [1.29, 1.82) is 0 Å². The second-order valence-electron chi connectivity index (χ2n) is 5.41. The predicted molar refractivity (Wildman–Crippen MR) is 88.3 cm³/mol. The van der Waals surface area contributed by atoms with Crippen molar-refractivity contribution in [3.63, 3.8) is 0 Å². The number of benzene rings is 1. The van der Waals surface area contributed by atoms with E-state index >= 15 is 0 Å². The highest BCUT2D eigenvalue weighted by molar-refractivity contribution is 7.99. The molecule has 1 aromatic carbocycles. The number of thioether (sulfide) groups is 1. The van der Waals surface area contributed by atoms with Crippen molar-refractivity contribution in [1.82, 2.24) is 4.90 Å². The topological polar surface area (TPSA) is 3.24 Å². The van der Waals surface area contributed by atoms with E-state index in [-0.39, 0.29) is 0 Å². The van der Waals surface area contributed by atoms with Crippen molar-refractivity contribution in [2.75, 3.05) is 25.4 Å². The number of nitrogens with zero attached hydrogens (tertiary/aromatic N) is 1. The molecule has 108 valence electrons. The number of hydrogen-bond acceptors (Lipinski definition) is 2. The molecule has 0 spiro atoms. The molecule has 19 heavy (non-hydrogen) atoms.